The predicted octanol–water partition coefficient (Wildman–Crippen LogP) is 0.294. The summed E-state index contributed by atoms with van der Waals surface area (Å²) in [7, 11) is 4.91. The quantitative estimate of drug-likeness (QED) is 0.821. The normalized spacial score (nSPS) is 10.8. The number of carbonyl (C=O) groups is 1. The highest BCUT2D eigenvalue weighted by molar-refractivity contribution is 5.86. The number of nitrogens with zero attached hydrogens (tertiary/aromatic N) is 2. The van der Waals surface area contributed by atoms with Gasteiger partial charge in [-0.05, 0) is 38.4 Å². The molecule has 122 valence electrons. The number of aromatic carboxylic acids is 1. The number of aromatic nitrogens is 2. The first-order chi connectivity index (χ1) is 10.8. The molecule has 0 atom stereocenters. The Bertz CT molecular complexity index is 834. The van der Waals surface area contributed by atoms with Crippen LogP contribution in [0.25, 0.3) is 5.69 Å². The number of rotatable bonds is 5. The standard InChI is InChI=1S/C15H17N3O5/c1-17(2)8-11-12(14(20)21)16-15(22)18(13(11)19)9-4-6-10(23-3)7-5-9/h4-7H,8H2,1-3H3,(H,16,22)(H,20,21). The molecule has 2 rings (SSSR count). The second-order valence-corrected chi connectivity index (χ2v) is 5.17. The summed E-state index contributed by atoms with van der Waals surface area (Å²) in [5.74, 6) is -0.771. The van der Waals surface area contributed by atoms with Gasteiger partial charge >= 0.3 is 11.7 Å². The van der Waals surface area contributed by atoms with E-state index in [0.717, 1.165) is 4.57 Å². The van der Waals surface area contributed by atoms with Gasteiger partial charge in [0.1, 0.15) is 11.4 Å². The maximum atomic E-state index is 12.6. The molecule has 0 bridgehead atoms. The van der Waals surface area contributed by atoms with E-state index in [2.05, 4.69) is 4.98 Å². The van der Waals surface area contributed by atoms with Gasteiger partial charge in [-0.3, -0.25) is 4.79 Å². The summed E-state index contributed by atoms with van der Waals surface area (Å²) in [6.45, 7) is 0.0907. The molecule has 0 spiro atoms. The fourth-order valence-corrected chi connectivity index (χ4v) is 2.18. The van der Waals surface area contributed by atoms with Crippen LogP contribution in [0.2, 0.25) is 0 Å². The molecule has 23 heavy (non-hydrogen) atoms. The van der Waals surface area contributed by atoms with Crippen molar-refractivity contribution in [3.8, 4) is 11.4 Å². The fraction of sp³-hybridized carbons (Fsp3) is 0.267. The molecule has 1 aromatic heterocycles. The first kappa shape index (κ1) is 16.5. The van der Waals surface area contributed by atoms with Crippen LogP contribution in [-0.4, -0.2) is 46.7 Å². The number of H-pyrrole nitrogens is 1. The van der Waals surface area contributed by atoms with Crippen LogP contribution in [0.3, 0.4) is 0 Å². The molecule has 1 aromatic carbocycles. The lowest BCUT2D eigenvalue weighted by molar-refractivity contribution is 0.0687. The highest BCUT2D eigenvalue weighted by Gasteiger charge is 2.20. The van der Waals surface area contributed by atoms with Crippen molar-refractivity contribution < 1.29 is 14.6 Å². The summed E-state index contributed by atoms with van der Waals surface area (Å²) in [6, 6.07) is 6.32. The van der Waals surface area contributed by atoms with E-state index in [1.165, 1.54) is 7.11 Å². The minimum atomic E-state index is -1.35. The number of benzene rings is 1. The van der Waals surface area contributed by atoms with Crippen LogP contribution >= 0.6 is 0 Å². The smallest absolute Gasteiger partial charge is 0.352 e. The largest absolute Gasteiger partial charge is 0.497 e. The van der Waals surface area contributed by atoms with Gasteiger partial charge in [-0.2, -0.15) is 0 Å². The average molecular weight is 319 g/mol. The van der Waals surface area contributed by atoms with Gasteiger partial charge in [-0.25, -0.2) is 14.2 Å². The summed E-state index contributed by atoms with van der Waals surface area (Å²) < 4.78 is 5.94. The highest BCUT2D eigenvalue weighted by Crippen LogP contribution is 2.13. The molecule has 0 aliphatic rings. The number of methoxy groups -OCH3 is 1. The zero-order valence-electron chi connectivity index (χ0n) is 13.0. The van der Waals surface area contributed by atoms with Crippen molar-refractivity contribution >= 4 is 5.97 Å². The molecule has 0 aliphatic heterocycles. The Morgan fingerprint density at radius 2 is 1.87 bits per heavy atom. The van der Waals surface area contributed by atoms with Gasteiger partial charge in [0.2, 0.25) is 0 Å². The number of carboxylic acid groups (broad SMARTS) is 1. The van der Waals surface area contributed by atoms with Gasteiger partial charge in [0.05, 0.1) is 18.4 Å². The van der Waals surface area contributed by atoms with Crippen molar-refractivity contribution in [1.29, 1.82) is 0 Å². The molecule has 0 radical (unpaired) electrons. The molecule has 0 saturated heterocycles. The molecular weight excluding hydrogens is 302 g/mol. The lowest BCUT2D eigenvalue weighted by atomic mass is 10.2. The maximum Gasteiger partial charge on any atom is 0.352 e. The molecule has 0 amide bonds. The first-order valence-corrected chi connectivity index (χ1v) is 6.75. The van der Waals surface area contributed by atoms with E-state index in [0.29, 0.717) is 11.4 Å². The topological polar surface area (TPSA) is 105 Å². The van der Waals surface area contributed by atoms with E-state index in [-0.39, 0.29) is 12.1 Å². The monoisotopic (exact) mass is 319 g/mol. The van der Waals surface area contributed by atoms with Crippen molar-refractivity contribution in [2.24, 2.45) is 0 Å². The van der Waals surface area contributed by atoms with Crippen LogP contribution < -0.4 is 16.0 Å². The summed E-state index contributed by atoms with van der Waals surface area (Å²) in [5.41, 5.74) is -1.52. The molecule has 1 heterocycles. The Hall–Kier alpha value is -2.87. The first-order valence-electron chi connectivity index (χ1n) is 6.75. The number of nitrogens with one attached hydrogen (secondary N) is 1. The number of carboxylic acids is 1. The number of hydrogen-bond donors (Lipinski definition) is 2. The van der Waals surface area contributed by atoms with Gasteiger partial charge in [-0.1, -0.05) is 0 Å². The zero-order valence-corrected chi connectivity index (χ0v) is 13.0. The molecular formula is C15H17N3O5. The van der Waals surface area contributed by atoms with Crippen LogP contribution in [-0.2, 0) is 6.54 Å². The lowest BCUT2D eigenvalue weighted by Crippen LogP contribution is -2.39. The molecule has 8 nitrogen and oxygen atoms in total. The number of aromatic amines is 1. The lowest BCUT2D eigenvalue weighted by Gasteiger charge is -2.14. The molecule has 2 aromatic rings. The van der Waals surface area contributed by atoms with Crippen molar-refractivity contribution in [3.05, 3.63) is 56.4 Å². The highest BCUT2D eigenvalue weighted by atomic mass is 16.5. The number of hydrogen-bond acceptors (Lipinski definition) is 5. The minimum absolute atomic E-state index is 0.0120. The van der Waals surface area contributed by atoms with Crippen LogP contribution in [0.5, 0.6) is 5.75 Å². The Kier molecular flexibility index (Phi) is 4.65. The fourth-order valence-electron chi connectivity index (χ4n) is 2.18. The molecule has 0 saturated carbocycles. The summed E-state index contributed by atoms with van der Waals surface area (Å²) in [4.78, 5) is 40.0. The Labute approximate surface area is 131 Å². The molecule has 8 heteroatoms. The Morgan fingerprint density at radius 1 is 1.26 bits per heavy atom. The van der Waals surface area contributed by atoms with Crippen molar-refractivity contribution in [2.75, 3.05) is 21.2 Å². The molecule has 0 fully saturated rings. The van der Waals surface area contributed by atoms with Gasteiger partial charge in [0, 0.05) is 6.54 Å². The SMILES string of the molecule is COc1ccc(-n2c(=O)[nH]c(C(=O)O)c(CN(C)C)c2=O)cc1. The van der Waals surface area contributed by atoms with E-state index >= 15 is 0 Å². The summed E-state index contributed by atoms with van der Waals surface area (Å²) >= 11 is 0. The van der Waals surface area contributed by atoms with Gasteiger partial charge in [0.15, 0.2) is 0 Å². The second kappa shape index (κ2) is 6.49. The summed E-state index contributed by atoms with van der Waals surface area (Å²) in [6.07, 6.45) is 0. The third-order valence-electron chi connectivity index (χ3n) is 3.22. The van der Waals surface area contributed by atoms with Crippen molar-refractivity contribution in [2.45, 2.75) is 6.54 Å². The van der Waals surface area contributed by atoms with Gasteiger partial charge in [-0.15, -0.1) is 0 Å². The Morgan fingerprint density at radius 3 is 2.35 bits per heavy atom. The summed E-state index contributed by atoms with van der Waals surface area (Å²) in [5, 5.41) is 9.20. The molecule has 0 unspecified atom stereocenters. The van der Waals surface area contributed by atoms with E-state index in [4.69, 9.17) is 4.74 Å². The predicted molar refractivity (Wildman–Crippen MR) is 83.6 cm³/mol. The number of ether oxygens (including phenoxy) is 1. The molecule has 0 aliphatic carbocycles. The Balaban J connectivity index is 2.71. The van der Waals surface area contributed by atoms with E-state index in [1.54, 1.807) is 43.3 Å². The minimum Gasteiger partial charge on any atom is -0.497 e. The third-order valence-corrected chi connectivity index (χ3v) is 3.22. The van der Waals surface area contributed by atoms with E-state index in [1.807, 2.05) is 0 Å². The third kappa shape index (κ3) is 3.32. The van der Waals surface area contributed by atoms with Crippen molar-refractivity contribution in [1.82, 2.24) is 14.5 Å². The van der Waals surface area contributed by atoms with Crippen LogP contribution in [0.15, 0.2) is 33.9 Å². The van der Waals surface area contributed by atoms with Gasteiger partial charge in [0.25, 0.3) is 5.56 Å². The average Bonchev–Trinajstić information content (AvgIpc) is 2.50. The van der Waals surface area contributed by atoms with Crippen LogP contribution in [0, 0.1) is 0 Å². The van der Waals surface area contributed by atoms with Crippen molar-refractivity contribution in [3.63, 3.8) is 0 Å². The molecule has 2 N–H and O–H groups in total. The second-order valence-electron chi connectivity index (χ2n) is 5.17. The van der Waals surface area contributed by atoms with E-state index in [9.17, 15) is 19.5 Å². The van der Waals surface area contributed by atoms with Crippen LogP contribution in [0.4, 0.5) is 0 Å². The van der Waals surface area contributed by atoms with Gasteiger partial charge < -0.3 is 19.7 Å². The van der Waals surface area contributed by atoms with E-state index < -0.39 is 22.9 Å². The van der Waals surface area contributed by atoms with Crippen LogP contribution in [0.1, 0.15) is 16.1 Å². The maximum absolute atomic E-state index is 12.6. The zero-order chi connectivity index (χ0) is 17.1.